The van der Waals surface area contributed by atoms with Crippen LogP contribution in [0.1, 0.15) is 59.8 Å². The highest BCUT2D eigenvalue weighted by Crippen LogP contribution is 2.40. The van der Waals surface area contributed by atoms with Gasteiger partial charge in [0.05, 0.1) is 0 Å². The van der Waals surface area contributed by atoms with E-state index in [4.69, 9.17) is 0 Å². The molecular formula is C15H26N2O2. The first kappa shape index (κ1) is 14.4. The van der Waals surface area contributed by atoms with Gasteiger partial charge in [-0.25, -0.2) is 0 Å². The summed E-state index contributed by atoms with van der Waals surface area (Å²) in [7, 11) is 0. The van der Waals surface area contributed by atoms with Crippen molar-refractivity contribution < 1.29 is 9.59 Å². The minimum absolute atomic E-state index is 0.0676. The highest BCUT2D eigenvalue weighted by atomic mass is 16.2. The fourth-order valence-electron chi connectivity index (χ4n) is 3.41. The number of amides is 2. The Morgan fingerprint density at radius 2 is 1.84 bits per heavy atom. The van der Waals surface area contributed by atoms with Crippen LogP contribution in [-0.4, -0.2) is 34.8 Å². The number of piperazine rings is 1. The molecule has 1 aliphatic heterocycles. The lowest BCUT2D eigenvalue weighted by Crippen LogP contribution is -2.72. The van der Waals surface area contributed by atoms with Crippen molar-refractivity contribution in [2.24, 2.45) is 5.41 Å². The van der Waals surface area contributed by atoms with Crippen LogP contribution in [0.5, 0.6) is 0 Å². The average molecular weight is 266 g/mol. The first-order valence-corrected chi connectivity index (χ1v) is 7.45. The third kappa shape index (κ3) is 2.26. The lowest BCUT2D eigenvalue weighted by Gasteiger charge is -2.49. The molecule has 1 aliphatic carbocycles. The van der Waals surface area contributed by atoms with Crippen LogP contribution in [0.3, 0.4) is 0 Å². The van der Waals surface area contributed by atoms with Crippen LogP contribution < -0.4 is 5.32 Å². The lowest BCUT2D eigenvalue weighted by molar-refractivity contribution is -0.160. The standard InChI is InChI=1S/C15H26N2O2/c1-5-10-17-12(18)11(14(2,3)4)16-13(19)15(17)8-6-7-9-15/h11H,5-10H2,1-4H3,(H,16,19). The first-order chi connectivity index (χ1) is 8.83. The topological polar surface area (TPSA) is 49.4 Å². The van der Waals surface area contributed by atoms with Gasteiger partial charge in [-0.3, -0.25) is 9.59 Å². The Kier molecular flexibility index (Phi) is 3.63. The Morgan fingerprint density at radius 1 is 1.26 bits per heavy atom. The largest absolute Gasteiger partial charge is 0.342 e. The van der Waals surface area contributed by atoms with E-state index in [-0.39, 0.29) is 17.2 Å². The van der Waals surface area contributed by atoms with Gasteiger partial charge < -0.3 is 10.2 Å². The summed E-state index contributed by atoms with van der Waals surface area (Å²) in [4.78, 5) is 27.3. The molecule has 2 amide bonds. The number of carbonyl (C=O) groups is 2. The highest BCUT2D eigenvalue weighted by Gasteiger charge is 2.55. The summed E-state index contributed by atoms with van der Waals surface area (Å²) >= 11 is 0. The third-order valence-corrected chi connectivity index (χ3v) is 4.47. The van der Waals surface area contributed by atoms with Gasteiger partial charge in [-0.15, -0.1) is 0 Å². The fraction of sp³-hybridized carbons (Fsp3) is 0.867. The van der Waals surface area contributed by atoms with E-state index in [0.29, 0.717) is 6.54 Å². The lowest BCUT2D eigenvalue weighted by atomic mass is 9.80. The van der Waals surface area contributed by atoms with E-state index in [1.54, 1.807) is 0 Å². The Bertz CT molecular complexity index is 378. The molecular weight excluding hydrogens is 240 g/mol. The van der Waals surface area contributed by atoms with Crippen molar-refractivity contribution in [1.82, 2.24) is 10.2 Å². The summed E-state index contributed by atoms with van der Waals surface area (Å²) < 4.78 is 0. The Morgan fingerprint density at radius 3 is 2.32 bits per heavy atom. The maximum absolute atomic E-state index is 12.8. The normalized spacial score (nSPS) is 26.9. The second kappa shape index (κ2) is 4.80. The van der Waals surface area contributed by atoms with Crippen molar-refractivity contribution in [3.8, 4) is 0 Å². The van der Waals surface area contributed by atoms with Gasteiger partial charge in [-0.2, -0.15) is 0 Å². The van der Waals surface area contributed by atoms with E-state index in [0.717, 1.165) is 32.1 Å². The summed E-state index contributed by atoms with van der Waals surface area (Å²) in [6.45, 7) is 8.78. The van der Waals surface area contributed by atoms with E-state index >= 15 is 0 Å². The number of hydrogen-bond acceptors (Lipinski definition) is 2. The van der Waals surface area contributed by atoms with E-state index in [9.17, 15) is 9.59 Å². The maximum Gasteiger partial charge on any atom is 0.246 e. The van der Waals surface area contributed by atoms with Gasteiger partial charge in [0.2, 0.25) is 11.8 Å². The Hall–Kier alpha value is -1.06. The molecule has 19 heavy (non-hydrogen) atoms. The zero-order valence-corrected chi connectivity index (χ0v) is 12.6. The van der Waals surface area contributed by atoms with Crippen molar-refractivity contribution in [3.05, 3.63) is 0 Å². The maximum atomic E-state index is 12.8. The highest BCUT2D eigenvalue weighted by molar-refractivity contribution is 6.00. The van der Waals surface area contributed by atoms with Crippen LogP contribution in [0.2, 0.25) is 0 Å². The predicted molar refractivity (Wildman–Crippen MR) is 74.6 cm³/mol. The number of rotatable bonds is 2. The molecule has 4 nitrogen and oxygen atoms in total. The van der Waals surface area contributed by atoms with Gasteiger partial charge in [0.25, 0.3) is 0 Å². The molecule has 2 aliphatic rings. The van der Waals surface area contributed by atoms with Gasteiger partial charge in [-0.05, 0) is 24.7 Å². The van der Waals surface area contributed by atoms with Crippen molar-refractivity contribution in [2.75, 3.05) is 6.54 Å². The molecule has 1 unspecified atom stereocenters. The number of nitrogens with zero attached hydrogens (tertiary/aromatic N) is 1. The smallest absolute Gasteiger partial charge is 0.246 e. The summed E-state index contributed by atoms with van der Waals surface area (Å²) in [6.07, 6.45) is 4.63. The average Bonchev–Trinajstić information content (AvgIpc) is 2.79. The molecule has 0 aromatic carbocycles. The molecule has 2 rings (SSSR count). The molecule has 1 N–H and O–H groups in total. The summed E-state index contributed by atoms with van der Waals surface area (Å²) in [5, 5.41) is 3.00. The Balaban J connectivity index is 2.35. The summed E-state index contributed by atoms with van der Waals surface area (Å²) in [6, 6.07) is -0.391. The van der Waals surface area contributed by atoms with Crippen LogP contribution in [-0.2, 0) is 9.59 Å². The second-order valence-corrected chi connectivity index (χ2v) is 7.00. The van der Waals surface area contributed by atoms with Crippen molar-refractivity contribution >= 4 is 11.8 Å². The van der Waals surface area contributed by atoms with Gasteiger partial charge in [0, 0.05) is 6.54 Å². The monoisotopic (exact) mass is 266 g/mol. The minimum Gasteiger partial charge on any atom is -0.342 e. The predicted octanol–water partition coefficient (Wildman–Crippen LogP) is 2.08. The van der Waals surface area contributed by atoms with Crippen LogP contribution in [0, 0.1) is 5.41 Å². The number of hydrogen-bond donors (Lipinski definition) is 1. The number of nitrogens with one attached hydrogen (secondary N) is 1. The first-order valence-electron chi connectivity index (χ1n) is 7.45. The van der Waals surface area contributed by atoms with E-state index < -0.39 is 11.6 Å². The second-order valence-electron chi connectivity index (χ2n) is 7.00. The molecule has 1 saturated heterocycles. The van der Waals surface area contributed by atoms with E-state index in [1.165, 1.54) is 0 Å². The number of carbonyl (C=O) groups excluding carboxylic acids is 2. The molecule has 0 bridgehead atoms. The zero-order valence-electron chi connectivity index (χ0n) is 12.6. The molecule has 0 aromatic heterocycles. The quantitative estimate of drug-likeness (QED) is 0.832. The Labute approximate surface area is 115 Å². The van der Waals surface area contributed by atoms with E-state index in [1.807, 2.05) is 25.7 Å². The molecule has 108 valence electrons. The van der Waals surface area contributed by atoms with Crippen LogP contribution in [0.4, 0.5) is 0 Å². The third-order valence-electron chi connectivity index (χ3n) is 4.47. The molecule has 1 atom stereocenters. The van der Waals surface area contributed by atoms with Crippen molar-refractivity contribution in [3.63, 3.8) is 0 Å². The molecule has 1 spiro atoms. The van der Waals surface area contributed by atoms with Gasteiger partial charge in [0.15, 0.2) is 0 Å². The zero-order chi connectivity index (χ0) is 14.3. The molecule has 2 fully saturated rings. The van der Waals surface area contributed by atoms with Gasteiger partial charge >= 0.3 is 0 Å². The van der Waals surface area contributed by atoms with Gasteiger partial charge in [0.1, 0.15) is 11.6 Å². The molecule has 0 aromatic rings. The van der Waals surface area contributed by atoms with Crippen molar-refractivity contribution in [1.29, 1.82) is 0 Å². The molecule has 1 heterocycles. The van der Waals surface area contributed by atoms with E-state index in [2.05, 4.69) is 12.2 Å². The van der Waals surface area contributed by atoms with Crippen molar-refractivity contribution in [2.45, 2.75) is 71.4 Å². The fourth-order valence-corrected chi connectivity index (χ4v) is 3.41. The summed E-state index contributed by atoms with van der Waals surface area (Å²) in [5.41, 5.74) is -0.784. The molecule has 4 heteroatoms. The SMILES string of the molecule is CCCN1C(=O)C(C(C)(C)C)NC(=O)C12CCCC2. The summed E-state index contributed by atoms with van der Waals surface area (Å²) in [5.74, 6) is 0.175. The molecule has 0 radical (unpaired) electrons. The molecule has 1 saturated carbocycles. The van der Waals surface area contributed by atoms with Crippen LogP contribution in [0.15, 0.2) is 0 Å². The van der Waals surface area contributed by atoms with Gasteiger partial charge in [-0.1, -0.05) is 40.5 Å². The van der Waals surface area contributed by atoms with Crippen LogP contribution in [0.25, 0.3) is 0 Å². The minimum atomic E-state index is -0.547. The van der Waals surface area contributed by atoms with Crippen LogP contribution >= 0.6 is 0 Å².